The van der Waals surface area contributed by atoms with Gasteiger partial charge in [-0.1, -0.05) is 12.1 Å². The summed E-state index contributed by atoms with van der Waals surface area (Å²) in [7, 11) is 1.61. The average Bonchev–Trinajstić information content (AvgIpc) is 3.25. The number of ether oxygens (including phenoxy) is 2. The molecule has 7 nitrogen and oxygen atoms in total. The lowest BCUT2D eigenvalue weighted by atomic mass is 10.1. The third-order valence-electron chi connectivity index (χ3n) is 4.97. The number of aliphatic hydroxyl groups excluding tert-OH is 1. The molecule has 0 fully saturated rings. The molecule has 0 saturated heterocycles. The predicted octanol–water partition coefficient (Wildman–Crippen LogP) is 3.78. The predicted molar refractivity (Wildman–Crippen MR) is 124 cm³/mol. The van der Waals surface area contributed by atoms with Crippen LogP contribution in [0.3, 0.4) is 0 Å². The molecule has 164 valence electrons. The Morgan fingerprint density at radius 1 is 1.16 bits per heavy atom. The Hall–Kier alpha value is -3.49. The van der Waals surface area contributed by atoms with Gasteiger partial charge in [0.2, 0.25) is 0 Å². The Kier molecular flexibility index (Phi) is 6.34. The molecule has 0 amide bonds. The van der Waals surface area contributed by atoms with Gasteiger partial charge in [0.05, 0.1) is 25.5 Å². The first-order valence-corrected chi connectivity index (χ1v) is 10.8. The van der Waals surface area contributed by atoms with Crippen molar-refractivity contribution in [3.05, 3.63) is 76.8 Å². The normalized spacial score (nSPS) is 12.0. The number of carbonyl (C=O) groups excluding carboxylic acids is 1. The fourth-order valence-corrected chi connectivity index (χ4v) is 4.32. The van der Waals surface area contributed by atoms with E-state index in [1.165, 1.54) is 29.2 Å². The van der Waals surface area contributed by atoms with Crippen LogP contribution in [-0.2, 0) is 6.54 Å². The van der Waals surface area contributed by atoms with Gasteiger partial charge in [-0.3, -0.25) is 14.2 Å². The summed E-state index contributed by atoms with van der Waals surface area (Å²) in [5, 5.41) is 10.4. The van der Waals surface area contributed by atoms with Crippen molar-refractivity contribution in [1.82, 2.24) is 9.55 Å². The van der Waals surface area contributed by atoms with E-state index in [0.717, 1.165) is 16.2 Å². The highest BCUT2D eigenvalue weighted by molar-refractivity contribution is 7.22. The number of methoxy groups -OCH3 is 1. The topological polar surface area (TPSA) is 90.7 Å². The third kappa shape index (κ3) is 4.71. The zero-order valence-corrected chi connectivity index (χ0v) is 18.5. The molecule has 0 aliphatic heterocycles. The SMILES string of the molecule is COc1ccc(-c2cc3ncn(CC(O)COc4cccc(C(C)=O)c4)c(=O)c3s2)cc1. The maximum atomic E-state index is 12.9. The van der Waals surface area contributed by atoms with Gasteiger partial charge < -0.3 is 14.6 Å². The molecule has 0 saturated carbocycles. The lowest BCUT2D eigenvalue weighted by Crippen LogP contribution is -2.30. The molecule has 0 aliphatic carbocycles. The number of fused-ring (bicyclic) bond motifs is 1. The summed E-state index contributed by atoms with van der Waals surface area (Å²) in [6.07, 6.45) is 0.517. The highest BCUT2D eigenvalue weighted by Gasteiger charge is 2.14. The summed E-state index contributed by atoms with van der Waals surface area (Å²) < 4.78 is 12.7. The number of ketones is 1. The number of aromatic nitrogens is 2. The lowest BCUT2D eigenvalue weighted by Gasteiger charge is -2.14. The second-order valence-corrected chi connectivity index (χ2v) is 8.36. The number of hydrogen-bond donors (Lipinski definition) is 1. The van der Waals surface area contributed by atoms with Gasteiger partial charge in [0, 0.05) is 10.4 Å². The van der Waals surface area contributed by atoms with Crippen molar-refractivity contribution < 1.29 is 19.4 Å². The van der Waals surface area contributed by atoms with Crippen LogP contribution in [0.15, 0.2) is 65.7 Å². The van der Waals surface area contributed by atoms with E-state index >= 15 is 0 Å². The third-order valence-corrected chi connectivity index (χ3v) is 6.13. The molecular formula is C24H22N2O5S. The van der Waals surface area contributed by atoms with Gasteiger partial charge in [-0.25, -0.2) is 4.98 Å². The molecule has 4 rings (SSSR count). The van der Waals surface area contributed by atoms with E-state index in [-0.39, 0.29) is 24.5 Å². The number of thiophene rings is 1. The molecule has 0 aliphatic rings. The molecule has 1 N–H and O–H groups in total. The molecule has 1 unspecified atom stereocenters. The number of hydrogen-bond acceptors (Lipinski definition) is 7. The largest absolute Gasteiger partial charge is 0.497 e. The fraction of sp³-hybridized carbons (Fsp3) is 0.208. The quantitative estimate of drug-likeness (QED) is 0.411. The van der Waals surface area contributed by atoms with Crippen LogP contribution in [0.4, 0.5) is 0 Å². The number of Topliss-reactive ketones (excluding diaryl/α,β-unsaturated/α-hetero) is 1. The van der Waals surface area contributed by atoms with Crippen LogP contribution in [0.1, 0.15) is 17.3 Å². The van der Waals surface area contributed by atoms with Gasteiger partial charge in [-0.15, -0.1) is 11.3 Å². The van der Waals surface area contributed by atoms with Crippen molar-refractivity contribution in [2.75, 3.05) is 13.7 Å². The Morgan fingerprint density at radius 3 is 2.66 bits per heavy atom. The molecule has 0 spiro atoms. The minimum absolute atomic E-state index is 0.0205. The molecule has 8 heteroatoms. The Labute approximate surface area is 188 Å². The van der Waals surface area contributed by atoms with Crippen LogP contribution in [0, 0.1) is 0 Å². The molecule has 0 bridgehead atoms. The maximum absolute atomic E-state index is 12.9. The first-order valence-electron chi connectivity index (χ1n) is 10.00. The monoisotopic (exact) mass is 450 g/mol. The van der Waals surface area contributed by atoms with Crippen molar-refractivity contribution in [1.29, 1.82) is 0 Å². The second-order valence-electron chi connectivity index (χ2n) is 7.30. The van der Waals surface area contributed by atoms with Crippen LogP contribution in [-0.4, -0.2) is 40.3 Å². The minimum atomic E-state index is -0.922. The summed E-state index contributed by atoms with van der Waals surface area (Å²) in [5.41, 5.74) is 1.92. The molecule has 2 aromatic carbocycles. The van der Waals surface area contributed by atoms with Crippen LogP contribution < -0.4 is 15.0 Å². The Bertz CT molecular complexity index is 1310. The van der Waals surface area contributed by atoms with Gasteiger partial charge in [0.15, 0.2) is 5.78 Å². The van der Waals surface area contributed by atoms with E-state index in [1.54, 1.807) is 31.4 Å². The second kappa shape index (κ2) is 9.33. The van der Waals surface area contributed by atoms with Crippen molar-refractivity contribution in [3.8, 4) is 21.9 Å². The standard InChI is InChI=1S/C24H22N2O5S/c1-15(27)17-4-3-5-20(10-17)31-13-18(28)12-26-14-25-21-11-22(32-23(21)24(26)29)16-6-8-19(30-2)9-7-16/h3-11,14,18,28H,12-13H2,1-2H3. The Balaban J connectivity index is 1.48. The zero-order chi connectivity index (χ0) is 22.7. The smallest absolute Gasteiger partial charge is 0.271 e. The van der Waals surface area contributed by atoms with E-state index in [9.17, 15) is 14.7 Å². The van der Waals surface area contributed by atoms with Gasteiger partial charge in [0.25, 0.3) is 5.56 Å². The highest BCUT2D eigenvalue weighted by Crippen LogP contribution is 2.31. The van der Waals surface area contributed by atoms with Gasteiger partial charge in [-0.2, -0.15) is 0 Å². The van der Waals surface area contributed by atoms with E-state index in [4.69, 9.17) is 9.47 Å². The maximum Gasteiger partial charge on any atom is 0.271 e. The highest BCUT2D eigenvalue weighted by atomic mass is 32.1. The molecule has 2 aromatic heterocycles. The summed E-state index contributed by atoms with van der Waals surface area (Å²) in [6.45, 7) is 1.51. The van der Waals surface area contributed by atoms with E-state index in [0.29, 0.717) is 21.5 Å². The van der Waals surface area contributed by atoms with Crippen molar-refractivity contribution in [2.45, 2.75) is 19.6 Å². The summed E-state index contributed by atoms with van der Waals surface area (Å²) in [6, 6.07) is 16.3. The minimum Gasteiger partial charge on any atom is -0.497 e. The fourth-order valence-electron chi connectivity index (χ4n) is 3.25. The summed E-state index contributed by atoms with van der Waals surface area (Å²) in [4.78, 5) is 29.7. The van der Waals surface area contributed by atoms with Gasteiger partial charge >= 0.3 is 0 Å². The molecule has 0 radical (unpaired) electrons. The van der Waals surface area contributed by atoms with Crippen LogP contribution >= 0.6 is 11.3 Å². The number of rotatable bonds is 8. The number of aliphatic hydroxyl groups is 1. The zero-order valence-electron chi connectivity index (χ0n) is 17.6. The first kappa shape index (κ1) is 21.7. The molecule has 1 atom stereocenters. The van der Waals surface area contributed by atoms with Crippen molar-refractivity contribution >= 4 is 27.3 Å². The number of nitrogens with zero attached hydrogens (tertiary/aromatic N) is 2. The van der Waals surface area contributed by atoms with Gasteiger partial charge in [0.1, 0.15) is 28.9 Å². The van der Waals surface area contributed by atoms with Crippen LogP contribution in [0.2, 0.25) is 0 Å². The van der Waals surface area contributed by atoms with E-state index in [2.05, 4.69) is 4.98 Å². The molecular weight excluding hydrogens is 428 g/mol. The summed E-state index contributed by atoms with van der Waals surface area (Å²) in [5.74, 6) is 1.19. The number of carbonyl (C=O) groups is 1. The Morgan fingerprint density at radius 2 is 1.94 bits per heavy atom. The van der Waals surface area contributed by atoms with Gasteiger partial charge in [-0.05, 0) is 55.0 Å². The van der Waals surface area contributed by atoms with Crippen molar-refractivity contribution in [3.63, 3.8) is 0 Å². The number of benzene rings is 2. The van der Waals surface area contributed by atoms with E-state index in [1.807, 2.05) is 30.3 Å². The van der Waals surface area contributed by atoms with Crippen molar-refractivity contribution in [2.24, 2.45) is 0 Å². The molecule has 4 aromatic rings. The summed E-state index contributed by atoms with van der Waals surface area (Å²) >= 11 is 1.36. The lowest BCUT2D eigenvalue weighted by molar-refractivity contribution is 0.0913. The molecule has 2 heterocycles. The molecule has 32 heavy (non-hydrogen) atoms. The van der Waals surface area contributed by atoms with Crippen LogP contribution in [0.25, 0.3) is 20.7 Å². The van der Waals surface area contributed by atoms with E-state index < -0.39 is 6.10 Å². The average molecular weight is 451 g/mol. The first-order chi connectivity index (χ1) is 15.4. The van der Waals surface area contributed by atoms with Crippen LogP contribution in [0.5, 0.6) is 11.5 Å².